The van der Waals surface area contributed by atoms with Gasteiger partial charge in [0.2, 0.25) is 0 Å². The quantitative estimate of drug-likeness (QED) is 0.589. The Morgan fingerprint density at radius 3 is 2.55 bits per heavy atom. The summed E-state index contributed by atoms with van der Waals surface area (Å²) < 4.78 is 18.0. The Labute approximate surface area is 122 Å². The number of hydrogen-bond acceptors (Lipinski definition) is 3. The number of methoxy groups -OCH3 is 1. The van der Waals surface area contributed by atoms with Crippen molar-refractivity contribution in [3.63, 3.8) is 0 Å². The lowest BCUT2D eigenvalue weighted by Gasteiger charge is -2.07. The van der Waals surface area contributed by atoms with Crippen molar-refractivity contribution in [1.29, 1.82) is 0 Å². The first-order chi connectivity index (χ1) is 9.70. The van der Waals surface area contributed by atoms with Crippen LogP contribution in [0.25, 0.3) is 0 Å². The lowest BCUT2D eigenvalue weighted by Crippen LogP contribution is -2.00. The van der Waals surface area contributed by atoms with Gasteiger partial charge < -0.3 is 4.74 Å². The van der Waals surface area contributed by atoms with Gasteiger partial charge in [0.25, 0.3) is 0 Å². The number of carbonyl (C=O) groups is 1. The summed E-state index contributed by atoms with van der Waals surface area (Å²) in [6.45, 7) is 0. The Hall–Kier alpha value is -1.81. The molecule has 2 nitrogen and oxygen atoms in total. The molecule has 4 heteroatoms. The summed E-state index contributed by atoms with van der Waals surface area (Å²) in [5.41, 5.74) is 0.548. The van der Waals surface area contributed by atoms with Gasteiger partial charge in [-0.2, -0.15) is 0 Å². The highest BCUT2D eigenvalue weighted by atomic mass is 32.2. The maximum atomic E-state index is 12.8. The minimum absolute atomic E-state index is 0.0207. The van der Waals surface area contributed by atoms with Crippen molar-refractivity contribution >= 4 is 17.5 Å². The number of hydrogen-bond donors (Lipinski definition) is 0. The van der Waals surface area contributed by atoms with Gasteiger partial charge in [0.05, 0.1) is 7.11 Å². The number of halogens is 1. The van der Waals surface area contributed by atoms with E-state index in [0.717, 1.165) is 10.6 Å². The molecule has 0 fully saturated rings. The summed E-state index contributed by atoms with van der Waals surface area (Å²) >= 11 is 1.58. The van der Waals surface area contributed by atoms with Gasteiger partial charge in [-0.25, -0.2) is 4.39 Å². The zero-order valence-corrected chi connectivity index (χ0v) is 12.0. The van der Waals surface area contributed by atoms with E-state index in [9.17, 15) is 9.18 Å². The zero-order valence-electron chi connectivity index (χ0n) is 11.1. The molecule has 0 saturated carbocycles. The number of benzene rings is 2. The number of thioether (sulfide) groups is 1. The second-order valence-corrected chi connectivity index (χ2v) is 5.32. The zero-order chi connectivity index (χ0) is 14.4. The highest BCUT2D eigenvalue weighted by Gasteiger charge is 2.07. The van der Waals surface area contributed by atoms with Crippen molar-refractivity contribution in [2.24, 2.45) is 0 Å². The van der Waals surface area contributed by atoms with E-state index in [1.54, 1.807) is 18.9 Å². The lowest BCUT2D eigenvalue weighted by molar-refractivity contribution is 0.0989. The van der Waals surface area contributed by atoms with Crippen LogP contribution in [0, 0.1) is 5.82 Å². The molecule has 0 heterocycles. The van der Waals surface area contributed by atoms with Crippen LogP contribution in [0.4, 0.5) is 4.39 Å². The second-order valence-electron chi connectivity index (χ2n) is 4.18. The third-order valence-electron chi connectivity index (χ3n) is 2.82. The molecule has 0 atom stereocenters. The highest BCUT2D eigenvalue weighted by Crippen LogP contribution is 2.29. The van der Waals surface area contributed by atoms with Crippen molar-refractivity contribution in [1.82, 2.24) is 0 Å². The van der Waals surface area contributed by atoms with Crippen LogP contribution in [0.2, 0.25) is 0 Å². The number of rotatable bonds is 6. The van der Waals surface area contributed by atoms with Crippen molar-refractivity contribution in [3.8, 4) is 5.75 Å². The lowest BCUT2D eigenvalue weighted by atomic mass is 10.1. The first-order valence-electron chi connectivity index (χ1n) is 6.25. The summed E-state index contributed by atoms with van der Waals surface area (Å²) in [6.07, 6.45) is 0.411. The standard InChI is InChI=1S/C16H15FO2S/c1-19-15-4-2-3-5-16(15)20-11-10-14(18)12-6-8-13(17)9-7-12/h2-9H,10-11H2,1H3. The Morgan fingerprint density at radius 2 is 1.85 bits per heavy atom. The molecule has 0 bridgehead atoms. The average Bonchev–Trinajstić information content (AvgIpc) is 2.48. The second kappa shape index (κ2) is 7.10. The maximum Gasteiger partial charge on any atom is 0.163 e. The van der Waals surface area contributed by atoms with Crippen LogP contribution in [0.5, 0.6) is 5.75 Å². The summed E-state index contributed by atoms with van der Waals surface area (Å²) in [5.74, 6) is 1.17. The molecular formula is C16H15FO2S. The smallest absolute Gasteiger partial charge is 0.163 e. The first-order valence-corrected chi connectivity index (χ1v) is 7.24. The van der Waals surface area contributed by atoms with Gasteiger partial charge in [-0.15, -0.1) is 11.8 Å². The van der Waals surface area contributed by atoms with Crippen molar-refractivity contribution in [2.75, 3.05) is 12.9 Å². The molecule has 2 aromatic rings. The van der Waals surface area contributed by atoms with Crippen molar-refractivity contribution in [3.05, 3.63) is 59.9 Å². The molecule has 0 amide bonds. The molecule has 0 saturated heterocycles. The van der Waals surface area contributed by atoms with E-state index in [1.165, 1.54) is 24.3 Å². The fraction of sp³-hybridized carbons (Fsp3) is 0.188. The molecule has 0 spiro atoms. The minimum Gasteiger partial charge on any atom is -0.496 e. The van der Waals surface area contributed by atoms with Crippen LogP contribution >= 0.6 is 11.8 Å². The Bertz CT molecular complexity index is 581. The fourth-order valence-electron chi connectivity index (χ4n) is 1.77. The first kappa shape index (κ1) is 14.6. The molecule has 0 aliphatic carbocycles. The molecule has 0 N–H and O–H groups in total. The number of ether oxygens (including phenoxy) is 1. The Balaban J connectivity index is 1.89. The van der Waals surface area contributed by atoms with Crippen molar-refractivity contribution < 1.29 is 13.9 Å². The molecule has 104 valence electrons. The average molecular weight is 290 g/mol. The molecule has 20 heavy (non-hydrogen) atoms. The third kappa shape index (κ3) is 3.84. The molecule has 0 radical (unpaired) electrons. The van der Waals surface area contributed by atoms with Crippen LogP contribution in [-0.2, 0) is 0 Å². The van der Waals surface area contributed by atoms with Gasteiger partial charge in [0, 0.05) is 22.6 Å². The predicted molar refractivity (Wildman–Crippen MR) is 79.1 cm³/mol. The summed E-state index contributed by atoms with van der Waals surface area (Å²) in [5, 5.41) is 0. The maximum absolute atomic E-state index is 12.8. The van der Waals surface area contributed by atoms with Gasteiger partial charge in [0.15, 0.2) is 5.78 Å². The van der Waals surface area contributed by atoms with Crippen LogP contribution in [-0.4, -0.2) is 18.6 Å². The monoisotopic (exact) mass is 290 g/mol. The van der Waals surface area contributed by atoms with Crippen molar-refractivity contribution in [2.45, 2.75) is 11.3 Å². The van der Waals surface area contributed by atoms with E-state index in [1.807, 2.05) is 24.3 Å². The van der Waals surface area contributed by atoms with E-state index in [-0.39, 0.29) is 11.6 Å². The van der Waals surface area contributed by atoms with E-state index in [4.69, 9.17) is 4.74 Å². The van der Waals surface area contributed by atoms with E-state index in [0.29, 0.717) is 17.7 Å². The van der Waals surface area contributed by atoms with Gasteiger partial charge in [0.1, 0.15) is 11.6 Å². The normalized spacial score (nSPS) is 10.3. The van der Waals surface area contributed by atoms with Crippen LogP contribution < -0.4 is 4.74 Å². The van der Waals surface area contributed by atoms with Crippen LogP contribution in [0.1, 0.15) is 16.8 Å². The molecular weight excluding hydrogens is 275 g/mol. The number of carbonyl (C=O) groups excluding carboxylic acids is 1. The van der Waals surface area contributed by atoms with Crippen LogP contribution in [0.15, 0.2) is 53.4 Å². The molecule has 0 aliphatic heterocycles. The van der Waals surface area contributed by atoms with Gasteiger partial charge in [-0.3, -0.25) is 4.79 Å². The number of ketones is 1. The molecule has 2 rings (SSSR count). The topological polar surface area (TPSA) is 26.3 Å². The molecule has 0 aliphatic rings. The van der Waals surface area contributed by atoms with Gasteiger partial charge in [-0.1, -0.05) is 12.1 Å². The van der Waals surface area contributed by atoms with E-state index >= 15 is 0 Å². The summed E-state index contributed by atoms with van der Waals surface area (Å²) in [4.78, 5) is 12.9. The van der Waals surface area contributed by atoms with Gasteiger partial charge in [-0.05, 0) is 36.4 Å². The highest BCUT2D eigenvalue weighted by molar-refractivity contribution is 7.99. The molecule has 0 aromatic heterocycles. The largest absolute Gasteiger partial charge is 0.496 e. The summed E-state index contributed by atoms with van der Waals surface area (Å²) in [6, 6.07) is 13.4. The Kier molecular flexibility index (Phi) is 5.18. The van der Waals surface area contributed by atoms with E-state index < -0.39 is 0 Å². The van der Waals surface area contributed by atoms with E-state index in [2.05, 4.69) is 0 Å². The SMILES string of the molecule is COc1ccccc1SCCC(=O)c1ccc(F)cc1. The van der Waals surface area contributed by atoms with Gasteiger partial charge >= 0.3 is 0 Å². The summed E-state index contributed by atoms with van der Waals surface area (Å²) in [7, 11) is 1.63. The minimum atomic E-state index is -0.329. The Morgan fingerprint density at radius 1 is 1.15 bits per heavy atom. The fourth-order valence-corrected chi connectivity index (χ4v) is 2.75. The number of para-hydroxylation sites is 1. The van der Waals surface area contributed by atoms with Crippen LogP contribution in [0.3, 0.4) is 0 Å². The molecule has 2 aromatic carbocycles. The molecule has 0 unspecified atom stereocenters. The third-order valence-corrected chi connectivity index (χ3v) is 3.88. The predicted octanol–water partition coefficient (Wildman–Crippen LogP) is 4.20. The number of Topliss-reactive ketones (excluding diaryl/α,β-unsaturated/α-hetero) is 1.